The molecular weight excluding hydrogens is 292 g/mol. The predicted molar refractivity (Wildman–Crippen MR) is 105 cm³/mol. The number of unbranched alkanes of at least 4 members (excludes halogenated alkanes) is 2. The molecule has 0 bridgehead atoms. The molecule has 0 aliphatic carbocycles. The summed E-state index contributed by atoms with van der Waals surface area (Å²) < 4.78 is 0. The number of rotatable bonds is 8. The number of anilines is 1. The van der Waals surface area contributed by atoms with Crippen LogP contribution in [0.4, 0.5) is 5.82 Å². The molecule has 0 aliphatic rings. The fourth-order valence-corrected chi connectivity index (χ4v) is 3.07. The van der Waals surface area contributed by atoms with Crippen LogP contribution in [0.3, 0.4) is 0 Å². The van der Waals surface area contributed by atoms with Gasteiger partial charge in [0, 0.05) is 5.69 Å². The monoisotopic (exact) mass is 322 g/mol. The highest BCUT2D eigenvalue weighted by Crippen LogP contribution is 2.25. The number of hydrogen-bond acceptors (Lipinski definition) is 2. The minimum Gasteiger partial charge on any atom is -0.383 e. The Kier molecular flexibility index (Phi) is 6.60. The molecule has 0 saturated heterocycles. The molecule has 0 saturated carbocycles. The summed E-state index contributed by atoms with van der Waals surface area (Å²) >= 11 is 0. The third-order valence-corrected chi connectivity index (χ3v) is 4.69. The number of aromatic nitrogens is 1. The van der Waals surface area contributed by atoms with E-state index in [2.05, 4.69) is 62.7 Å². The van der Waals surface area contributed by atoms with Crippen molar-refractivity contribution in [3.63, 3.8) is 0 Å². The molecule has 24 heavy (non-hydrogen) atoms. The van der Waals surface area contributed by atoms with Gasteiger partial charge in [0.15, 0.2) is 0 Å². The highest BCUT2D eigenvalue weighted by Gasteiger charge is 2.11. The Morgan fingerprint density at radius 2 is 1.83 bits per heavy atom. The molecule has 1 aromatic carbocycles. The lowest BCUT2D eigenvalue weighted by molar-refractivity contribution is 0.716. The van der Waals surface area contributed by atoms with Gasteiger partial charge in [0.2, 0.25) is 0 Å². The van der Waals surface area contributed by atoms with Crippen molar-refractivity contribution >= 4 is 11.4 Å². The van der Waals surface area contributed by atoms with Crippen molar-refractivity contribution < 1.29 is 0 Å². The van der Waals surface area contributed by atoms with Crippen LogP contribution in [0.25, 0.3) is 5.57 Å². The number of nitrogens with zero attached hydrogens (tertiary/aromatic N) is 1. The van der Waals surface area contributed by atoms with Gasteiger partial charge in [0.1, 0.15) is 5.82 Å². The van der Waals surface area contributed by atoms with Crippen LogP contribution in [0.5, 0.6) is 0 Å². The smallest absolute Gasteiger partial charge is 0.126 e. The summed E-state index contributed by atoms with van der Waals surface area (Å²) in [6, 6.07) is 10.8. The lowest BCUT2D eigenvalue weighted by atomic mass is 9.93. The molecule has 0 amide bonds. The van der Waals surface area contributed by atoms with Crippen LogP contribution in [0, 0.1) is 6.92 Å². The molecule has 0 radical (unpaired) electrons. The zero-order valence-electron chi connectivity index (χ0n) is 15.4. The number of aryl methyl sites for hydroxylation is 2. The van der Waals surface area contributed by atoms with E-state index in [0.717, 1.165) is 25.0 Å². The molecule has 1 heterocycles. The molecule has 2 N–H and O–H groups in total. The maximum Gasteiger partial charge on any atom is 0.126 e. The maximum atomic E-state index is 6.14. The second-order valence-corrected chi connectivity index (χ2v) is 6.53. The lowest BCUT2D eigenvalue weighted by Gasteiger charge is -2.14. The standard InChI is InChI=1S/C22H30N2/c1-5-7-8-12-19-15-20(17(4)24-22(19)23)14-18-11-9-10-13-21(18)16(3)6-2/h9-11,13,15H,3,5-8,12,14H2,1-2,4H3,(H2,23,24). The van der Waals surface area contributed by atoms with Crippen LogP contribution >= 0.6 is 0 Å². The summed E-state index contributed by atoms with van der Waals surface area (Å²) in [5.74, 6) is 0.693. The third-order valence-electron chi connectivity index (χ3n) is 4.69. The minimum absolute atomic E-state index is 0.693. The minimum atomic E-state index is 0.693. The molecule has 2 rings (SSSR count). The highest BCUT2D eigenvalue weighted by molar-refractivity contribution is 5.66. The SMILES string of the molecule is C=C(CC)c1ccccc1Cc1cc(CCCCC)c(N)nc1C. The summed E-state index contributed by atoms with van der Waals surface area (Å²) in [6.07, 6.45) is 6.51. The van der Waals surface area contributed by atoms with Gasteiger partial charge in [-0.25, -0.2) is 4.98 Å². The quantitative estimate of drug-likeness (QED) is 0.631. The van der Waals surface area contributed by atoms with Crippen molar-refractivity contribution in [1.29, 1.82) is 0 Å². The molecule has 0 aliphatic heterocycles. The Balaban J connectivity index is 2.30. The van der Waals surface area contributed by atoms with Crippen LogP contribution in [-0.4, -0.2) is 4.98 Å². The van der Waals surface area contributed by atoms with E-state index in [1.807, 2.05) is 0 Å². The van der Waals surface area contributed by atoms with Gasteiger partial charge in [-0.3, -0.25) is 0 Å². The zero-order valence-corrected chi connectivity index (χ0v) is 15.4. The molecular formula is C22H30N2. The topological polar surface area (TPSA) is 38.9 Å². The van der Waals surface area contributed by atoms with E-state index in [1.54, 1.807) is 0 Å². The van der Waals surface area contributed by atoms with E-state index in [-0.39, 0.29) is 0 Å². The van der Waals surface area contributed by atoms with Gasteiger partial charge in [-0.15, -0.1) is 0 Å². The normalized spacial score (nSPS) is 10.8. The second kappa shape index (κ2) is 8.68. The van der Waals surface area contributed by atoms with E-state index in [4.69, 9.17) is 5.73 Å². The van der Waals surface area contributed by atoms with E-state index in [0.29, 0.717) is 5.82 Å². The number of benzene rings is 1. The average molecular weight is 322 g/mol. The molecule has 2 aromatic rings. The summed E-state index contributed by atoms with van der Waals surface area (Å²) in [6.45, 7) is 10.6. The summed E-state index contributed by atoms with van der Waals surface area (Å²) in [5.41, 5.74) is 13.4. The Labute approximate surface area is 146 Å². The molecule has 128 valence electrons. The van der Waals surface area contributed by atoms with Crippen LogP contribution in [0.15, 0.2) is 36.9 Å². The first-order valence-electron chi connectivity index (χ1n) is 9.07. The number of nitrogen functional groups attached to an aromatic ring is 1. The number of nitrogens with two attached hydrogens (primary N) is 1. The van der Waals surface area contributed by atoms with Crippen LogP contribution in [0.1, 0.15) is 67.5 Å². The third kappa shape index (κ3) is 4.47. The summed E-state index contributed by atoms with van der Waals surface area (Å²) in [4.78, 5) is 4.60. The average Bonchev–Trinajstić information content (AvgIpc) is 2.58. The molecule has 0 spiro atoms. The van der Waals surface area contributed by atoms with Gasteiger partial charge in [-0.2, -0.15) is 0 Å². The van der Waals surface area contributed by atoms with E-state index < -0.39 is 0 Å². The van der Waals surface area contributed by atoms with Gasteiger partial charge < -0.3 is 5.73 Å². The van der Waals surface area contributed by atoms with E-state index in [1.165, 1.54) is 47.1 Å². The Morgan fingerprint density at radius 1 is 1.08 bits per heavy atom. The van der Waals surface area contributed by atoms with Crippen LogP contribution in [0.2, 0.25) is 0 Å². The van der Waals surface area contributed by atoms with Crippen LogP contribution in [-0.2, 0) is 12.8 Å². The first-order chi connectivity index (χ1) is 11.6. The lowest BCUT2D eigenvalue weighted by Crippen LogP contribution is -2.05. The Hall–Kier alpha value is -2.09. The largest absolute Gasteiger partial charge is 0.383 e. The molecule has 1 aromatic heterocycles. The molecule has 0 unspecified atom stereocenters. The number of allylic oxidation sites excluding steroid dienone is 1. The maximum absolute atomic E-state index is 6.14. The van der Waals surface area contributed by atoms with Crippen molar-refractivity contribution in [3.8, 4) is 0 Å². The first-order valence-corrected chi connectivity index (χ1v) is 9.07. The fraction of sp³-hybridized carbons (Fsp3) is 0.409. The molecule has 2 heteroatoms. The van der Waals surface area contributed by atoms with Crippen LogP contribution < -0.4 is 5.73 Å². The van der Waals surface area contributed by atoms with E-state index >= 15 is 0 Å². The summed E-state index contributed by atoms with van der Waals surface area (Å²) in [5, 5.41) is 0. The van der Waals surface area contributed by atoms with Gasteiger partial charge in [0.05, 0.1) is 0 Å². The number of pyridine rings is 1. The molecule has 0 fully saturated rings. The van der Waals surface area contributed by atoms with Gasteiger partial charge >= 0.3 is 0 Å². The van der Waals surface area contributed by atoms with Gasteiger partial charge in [-0.1, -0.05) is 63.6 Å². The van der Waals surface area contributed by atoms with Crippen molar-refractivity contribution in [1.82, 2.24) is 4.98 Å². The van der Waals surface area contributed by atoms with Crippen molar-refractivity contribution in [3.05, 3.63) is 64.9 Å². The second-order valence-electron chi connectivity index (χ2n) is 6.53. The van der Waals surface area contributed by atoms with Crippen molar-refractivity contribution in [2.75, 3.05) is 5.73 Å². The van der Waals surface area contributed by atoms with Gasteiger partial charge in [-0.05, 0) is 60.4 Å². The predicted octanol–water partition coefficient (Wildman–Crippen LogP) is 5.72. The van der Waals surface area contributed by atoms with Crippen molar-refractivity contribution in [2.24, 2.45) is 0 Å². The summed E-state index contributed by atoms with van der Waals surface area (Å²) in [7, 11) is 0. The number of hydrogen-bond donors (Lipinski definition) is 1. The van der Waals surface area contributed by atoms with E-state index in [9.17, 15) is 0 Å². The fourth-order valence-electron chi connectivity index (χ4n) is 3.07. The van der Waals surface area contributed by atoms with Crippen molar-refractivity contribution in [2.45, 2.75) is 59.3 Å². The Morgan fingerprint density at radius 3 is 2.54 bits per heavy atom. The Bertz CT molecular complexity index is 701. The molecule has 0 atom stereocenters. The molecule has 2 nitrogen and oxygen atoms in total. The highest BCUT2D eigenvalue weighted by atomic mass is 14.8. The first kappa shape index (κ1) is 18.3. The van der Waals surface area contributed by atoms with Gasteiger partial charge in [0.25, 0.3) is 0 Å². The zero-order chi connectivity index (χ0) is 17.5.